The summed E-state index contributed by atoms with van der Waals surface area (Å²) in [7, 11) is 0. The number of halogens is 2. The van der Waals surface area contributed by atoms with Crippen LogP contribution in [-0.4, -0.2) is 5.91 Å². The number of rotatable bonds is 4. The highest BCUT2D eigenvalue weighted by molar-refractivity contribution is 6.32. The zero-order valence-electron chi connectivity index (χ0n) is 10.4. The average molecular weight is 295 g/mol. The molecule has 0 saturated heterocycles. The van der Waals surface area contributed by atoms with Gasteiger partial charge in [0.25, 0.3) is 5.91 Å². The van der Waals surface area contributed by atoms with E-state index in [9.17, 15) is 9.18 Å². The fourth-order valence-electron chi connectivity index (χ4n) is 1.61. The van der Waals surface area contributed by atoms with Crippen molar-refractivity contribution in [2.24, 2.45) is 5.84 Å². The van der Waals surface area contributed by atoms with Gasteiger partial charge in [0.1, 0.15) is 18.2 Å². The van der Waals surface area contributed by atoms with Gasteiger partial charge < -0.3 is 4.74 Å². The van der Waals surface area contributed by atoms with Crippen LogP contribution in [0.25, 0.3) is 0 Å². The first-order chi connectivity index (χ1) is 9.61. The molecule has 0 bridgehead atoms. The number of hydrogen-bond acceptors (Lipinski definition) is 3. The van der Waals surface area contributed by atoms with Crippen molar-refractivity contribution >= 4 is 17.5 Å². The number of hydrazine groups is 1. The predicted octanol–water partition coefficient (Wildman–Crippen LogP) is 2.66. The molecule has 0 saturated carbocycles. The van der Waals surface area contributed by atoms with E-state index < -0.39 is 5.91 Å². The minimum Gasteiger partial charge on any atom is -0.487 e. The first-order valence-corrected chi connectivity index (χ1v) is 6.16. The maximum absolute atomic E-state index is 13.4. The van der Waals surface area contributed by atoms with Crippen LogP contribution in [0.3, 0.4) is 0 Å². The number of carbonyl (C=O) groups excluding carboxylic acids is 1. The number of nitrogen functional groups attached to an aromatic ring is 1. The third kappa shape index (κ3) is 3.26. The van der Waals surface area contributed by atoms with Crippen LogP contribution in [-0.2, 0) is 6.61 Å². The van der Waals surface area contributed by atoms with Gasteiger partial charge in [0, 0.05) is 11.1 Å². The molecule has 0 aliphatic heterocycles. The van der Waals surface area contributed by atoms with Gasteiger partial charge in [-0.15, -0.1) is 0 Å². The first-order valence-electron chi connectivity index (χ1n) is 5.78. The van der Waals surface area contributed by atoms with E-state index in [1.807, 2.05) is 5.43 Å². The average Bonchev–Trinajstić information content (AvgIpc) is 2.46. The summed E-state index contributed by atoms with van der Waals surface area (Å²) in [5.74, 6) is 4.60. The van der Waals surface area contributed by atoms with Gasteiger partial charge in [-0.3, -0.25) is 10.2 Å². The Morgan fingerprint density at radius 3 is 2.70 bits per heavy atom. The fourth-order valence-corrected chi connectivity index (χ4v) is 1.85. The van der Waals surface area contributed by atoms with Crippen LogP contribution in [0.4, 0.5) is 4.39 Å². The van der Waals surface area contributed by atoms with Gasteiger partial charge in [-0.25, -0.2) is 10.2 Å². The van der Waals surface area contributed by atoms with E-state index in [1.54, 1.807) is 18.2 Å². The van der Waals surface area contributed by atoms with Crippen molar-refractivity contribution in [3.63, 3.8) is 0 Å². The summed E-state index contributed by atoms with van der Waals surface area (Å²) < 4.78 is 18.9. The Kier molecular flexibility index (Phi) is 4.55. The molecule has 0 radical (unpaired) electrons. The second-order valence-electron chi connectivity index (χ2n) is 4.00. The Bertz CT molecular complexity index is 634. The van der Waals surface area contributed by atoms with E-state index >= 15 is 0 Å². The second kappa shape index (κ2) is 6.36. The fraction of sp³-hybridized carbons (Fsp3) is 0.0714. The van der Waals surface area contributed by atoms with E-state index in [-0.39, 0.29) is 17.4 Å². The number of hydrogen-bond donors (Lipinski definition) is 2. The van der Waals surface area contributed by atoms with E-state index in [0.29, 0.717) is 16.9 Å². The lowest BCUT2D eigenvalue weighted by atomic mass is 10.2. The highest BCUT2D eigenvalue weighted by Gasteiger charge is 2.09. The van der Waals surface area contributed by atoms with Crippen LogP contribution in [0.1, 0.15) is 15.9 Å². The maximum atomic E-state index is 13.4. The van der Waals surface area contributed by atoms with Gasteiger partial charge in [0.05, 0.1) is 5.02 Å². The quantitative estimate of drug-likeness (QED) is 0.518. The van der Waals surface area contributed by atoms with Crippen LogP contribution >= 0.6 is 11.6 Å². The third-order valence-electron chi connectivity index (χ3n) is 2.67. The van der Waals surface area contributed by atoms with Crippen molar-refractivity contribution in [1.29, 1.82) is 0 Å². The number of nitrogens with one attached hydrogen (secondary N) is 1. The smallest absolute Gasteiger partial charge is 0.265 e. The van der Waals surface area contributed by atoms with Crippen LogP contribution < -0.4 is 16.0 Å². The van der Waals surface area contributed by atoms with Crippen molar-refractivity contribution < 1.29 is 13.9 Å². The molecule has 2 rings (SSSR count). The van der Waals surface area contributed by atoms with Gasteiger partial charge >= 0.3 is 0 Å². The number of ether oxygens (including phenoxy) is 1. The van der Waals surface area contributed by atoms with Crippen LogP contribution in [0.2, 0.25) is 5.02 Å². The molecule has 104 valence electrons. The molecule has 3 N–H and O–H groups in total. The summed E-state index contributed by atoms with van der Waals surface area (Å²) >= 11 is 6.00. The van der Waals surface area contributed by atoms with E-state index in [4.69, 9.17) is 22.2 Å². The lowest BCUT2D eigenvalue weighted by Crippen LogP contribution is -2.29. The minimum atomic E-state index is -0.451. The molecular weight excluding hydrogens is 283 g/mol. The largest absolute Gasteiger partial charge is 0.487 e. The zero-order valence-corrected chi connectivity index (χ0v) is 11.2. The van der Waals surface area contributed by atoms with Crippen molar-refractivity contribution in [3.05, 3.63) is 64.4 Å². The molecule has 2 aromatic carbocycles. The summed E-state index contributed by atoms with van der Waals surface area (Å²) in [4.78, 5) is 11.3. The highest BCUT2D eigenvalue weighted by Crippen LogP contribution is 2.26. The molecule has 6 heteroatoms. The molecule has 0 spiro atoms. The van der Waals surface area contributed by atoms with Crippen LogP contribution in [0, 0.1) is 5.82 Å². The number of nitrogens with two attached hydrogens (primary N) is 1. The molecule has 0 aliphatic carbocycles. The molecule has 1 amide bonds. The van der Waals surface area contributed by atoms with E-state index in [0.717, 1.165) is 0 Å². The Balaban J connectivity index is 2.11. The molecule has 0 fully saturated rings. The number of amides is 1. The lowest BCUT2D eigenvalue weighted by Gasteiger charge is -2.09. The van der Waals surface area contributed by atoms with Gasteiger partial charge in [0.2, 0.25) is 0 Å². The summed E-state index contributed by atoms with van der Waals surface area (Å²) in [6, 6.07) is 10.8. The molecule has 0 heterocycles. The van der Waals surface area contributed by atoms with E-state index in [2.05, 4.69) is 0 Å². The monoisotopic (exact) mass is 294 g/mol. The Labute approximate surface area is 120 Å². The van der Waals surface area contributed by atoms with Gasteiger partial charge in [0.15, 0.2) is 0 Å². The molecule has 2 aromatic rings. The van der Waals surface area contributed by atoms with Crippen molar-refractivity contribution in [3.8, 4) is 5.75 Å². The first kappa shape index (κ1) is 14.3. The Morgan fingerprint density at radius 2 is 2.05 bits per heavy atom. The SMILES string of the molecule is NNC(=O)c1ccc(OCc2ccccc2F)c(Cl)c1. The standard InChI is InChI=1S/C14H12ClFN2O2/c15-11-7-9(14(19)18-17)5-6-13(11)20-8-10-3-1-2-4-12(10)16/h1-7H,8,17H2,(H,18,19). The normalized spacial score (nSPS) is 10.2. The predicted molar refractivity (Wildman–Crippen MR) is 73.8 cm³/mol. The summed E-state index contributed by atoms with van der Waals surface area (Å²) in [6.07, 6.45) is 0. The molecule has 0 unspecified atom stereocenters. The zero-order chi connectivity index (χ0) is 14.5. The molecule has 0 atom stereocenters. The number of benzene rings is 2. The number of carbonyl (C=O) groups is 1. The third-order valence-corrected chi connectivity index (χ3v) is 2.96. The second-order valence-corrected chi connectivity index (χ2v) is 4.41. The van der Waals surface area contributed by atoms with E-state index in [1.165, 1.54) is 24.3 Å². The molecular formula is C14H12ClFN2O2. The minimum absolute atomic E-state index is 0.0504. The maximum Gasteiger partial charge on any atom is 0.265 e. The van der Waals surface area contributed by atoms with Crippen molar-refractivity contribution in [2.75, 3.05) is 0 Å². The van der Waals surface area contributed by atoms with Gasteiger partial charge in [-0.1, -0.05) is 29.8 Å². The topological polar surface area (TPSA) is 64.3 Å². The lowest BCUT2D eigenvalue weighted by molar-refractivity contribution is 0.0953. The molecule has 0 aromatic heterocycles. The Morgan fingerprint density at radius 1 is 1.30 bits per heavy atom. The molecule has 20 heavy (non-hydrogen) atoms. The summed E-state index contributed by atoms with van der Waals surface area (Å²) in [6.45, 7) is 0.0504. The Hall–Kier alpha value is -2.11. The van der Waals surface area contributed by atoms with Crippen molar-refractivity contribution in [1.82, 2.24) is 5.43 Å². The summed E-state index contributed by atoms with van der Waals surface area (Å²) in [5.41, 5.74) is 2.74. The van der Waals surface area contributed by atoms with Crippen LogP contribution in [0.15, 0.2) is 42.5 Å². The molecule has 4 nitrogen and oxygen atoms in total. The molecule has 0 aliphatic rings. The van der Waals surface area contributed by atoms with Gasteiger partial charge in [-0.05, 0) is 24.3 Å². The van der Waals surface area contributed by atoms with Crippen LogP contribution in [0.5, 0.6) is 5.75 Å². The highest BCUT2D eigenvalue weighted by atomic mass is 35.5. The summed E-state index contributed by atoms with van der Waals surface area (Å²) in [5, 5.41) is 0.252. The van der Waals surface area contributed by atoms with Gasteiger partial charge in [-0.2, -0.15) is 0 Å². The van der Waals surface area contributed by atoms with Crippen molar-refractivity contribution in [2.45, 2.75) is 6.61 Å².